The van der Waals surface area contributed by atoms with E-state index in [2.05, 4.69) is 5.16 Å². The topological polar surface area (TPSA) is 91.1 Å². The zero-order valence-corrected chi connectivity index (χ0v) is 16.4. The molecule has 0 saturated carbocycles. The van der Waals surface area contributed by atoms with Crippen molar-refractivity contribution >= 4 is 28.9 Å². The quantitative estimate of drug-likeness (QED) is 0.572. The predicted octanol–water partition coefficient (Wildman–Crippen LogP) is 3.21. The van der Waals surface area contributed by atoms with Gasteiger partial charge in [-0.1, -0.05) is 11.2 Å². The maximum absolute atomic E-state index is 12.9. The van der Waals surface area contributed by atoms with E-state index in [0.29, 0.717) is 42.6 Å². The van der Waals surface area contributed by atoms with Gasteiger partial charge >= 0.3 is 5.97 Å². The van der Waals surface area contributed by atoms with E-state index in [1.165, 1.54) is 17.4 Å². The molecular weight excluding hydrogens is 396 g/mol. The molecule has 0 atom stereocenters. The molecule has 3 heterocycles. The summed E-state index contributed by atoms with van der Waals surface area (Å²) in [5.74, 6) is 0.0544. The molecule has 0 saturated heterocycles. The molecular formula is C20H18N2O6S. The number of carbonyl (C=O) groups excluding carboxylic acids is 2. The van der Waals surface area contributed by atoms with Crippen molar-refractivity contribution < 1.29 is 28.3 Å². The van der Waals surface area contributed by atoms with Crippen LogP contribution in [-0.2, 0) is 16.1 Å². The van der Waals surface area contributed by atoms with Crippen molar-refractivity contribution in [3.05, 3.63) is 58.1 Å². The molecule has 0 spiro atoms. The number of nitrogens with zero attached hydrogens (tertiary/aromatic N) is 2. The summed E-state index contributed by atoms with van der Waals surface area (Å²) in [6, 6.07) is 10.6. The van der Waals surface area contributed by atoms with Crippen LogP contribution in [0.25, 0.3) is 0 Å². The average molecular weight is 414 g/mol. The second-order valence-corrected chi connectivity index (χ2v) is 7.33. The summed E-state index contributed by atoms with van der Waals surface area (Å²) >= 11 is 1.54. The van der Waals surface area contributed by atoms with E-state index < -0.39 is 12.6 Å². The maximum Gasteiger partial charge on any atom is 0.377 e. The van der Waals surface area contributed by atoms with Crippen molar-refractivity contribution in [1.29, 1.82) is 0 Å². The standard InChI is InChI=1S/C20H18N2O6S/c1-13-9-18(28-21-13)20(24)27-12-19(23)22(11-15-3-2-8-29-15)14-4-5-16-17(10-14)26-7-6-25-16/h2-5,8-10H,6-7,11-12H2,1H3. The zero-order chi connectivity index (χ0) is 20.2. The molecule has 2 aromatic heterocycles. The minimum absolute atomic E-state index is 0.0422. The summed E-state index contributed by atoms with van der Waals surface area (Å²) in [6.45, 7) is 2.54. The van der Waals surface area contributed by atoms with Crippen LogP contribution in [0.4, 0.5) is 5.69 Å². The van der Waals surface area contributed by atoms with Gasteiger partial charge in [0.25, 0.3) is 5.91 Å². The normalized spacial score (nSPS) is 12.4. The number of carbonyl (C=O) groups is 2. The summed E-state index contributed by atoms with van der Waals surface area (Å²) < 4.78 is 21.2. The lowest BCUT2D eigenvalue weighted by molar-refractivity contribution is -0.121. The Bertz CT molecular complexity index is 1010. The Morgan fingerprint density at radius 1 is 1.17 bits per heavy atom. The zero-order valence-electron chi connectivity index (χ0n) is 15.6. The van der Waals surface area contributed by atoms with Crippen LogP contribution in [0, 0.1) is 6.92 Å². The van der Waals surface area contributed by atoms with Crippen molar-refractivity contribution in [2.45, 2.75) is 13.5 Å². The number of esters is 1. The summed E-state index contributed by atoms with van der Waals surface area (Å²) in [4.78, 5) is 27.5. The third kappa shape index (κ3) is 4.40. The lowest BCUT2D eigenvalue weighted by atomic mass is 10.2. The predicted molar refractivity (Wildman–Crippen MR) is 104 cm³/mol. The third-order valence-electron chi connectivity index (χ3n) is 4.19. The molecule has 0 N–H and O–H groups in total. The highest BCUT2D eigenvalue weighted by Gasteiger charge is 2.23. The fraction of sp³-hybridized carbons (Fsp3) is 0.250. The number of ether oxygens (including phenoxy) is 3. The van der Waals surface area contributed by atoms with Gasteiger partial charge in [0.1, 0.15) is 13.2 Å². The van der Waals surface area contributed by atoms with Gasteiger partial charge in [-0.25, -0.2) is 4.79 Å². The highest BCUT2D eigenvalue weighted by atomic mass is 32.1. The van der Waals surface area contributed by atoms with Gasteiger partial charge in [0.15, 0.2) is 18.1 Å². The van der Waals surface area contributed by atoms with Gasteiger partial charge in [0.05, 0.1) is 12.2 Å². The van der Waals surface area contributed by atoms with Crippen LogP contribution in [0.15, 0.2) is 46.3 Å². The van der Waals surface area contributed by atoms with E-state index in [-0.39, 0.29) is 11.7 Å². The highest BCUT2D eigenvalue weighted by molar-refractivity contribution is 7.09. The Balaban J connectivity index is 1.52. The van der Waals surface area contributed by atoms with Gasteiger partial charge in [0.2, 0.25) is 5.76 Å². The van der Waals surface area contributed by atoms with E-state index in [0.717, 1.165) is 4.88 Å². The second kappa shape index (κ2) is 8.36. The van der Waals surface area contributed by atoms with E-state index in [1.807, 2.05) is 17.5 Å². The van der Waals surface area contributed by atoms with E-state index in [4.69, 9.17) is 18.7 Å². The van der Waals surface area contributed by atoms with Gasteiger partial charge in [-0.15, -0.1) is 11.3 Å². The van der Waals surface area contributed by atoms with Crippen LogP contribution in [-0.4, -0.2) is 36.9 Å². The van der Waals surface area contributed by atoms with Crippen molar-refractivity contribution in [1.82, 2.24) is 5.16 Å². The minimum atomic E-state index is -0.739. The monoisotopic (exact) mass is 414 g/mol. The number of fused-ring (bicyclic) bond motifs is 1. The van der Waals surface area contributed by atoms with Crippen LogP contribution in [0.1, 0.15) is 21.1 Å². The van der Waals surface area contributed by atoms with Gasteiger partial charge in [-0.05, 0) is 30.5 Å². The minimum Gasteiger partial charge on any atom is -0.486 e. The lowest BCUT2D eigenvalue weighted by Crippen LogP contribution is -2.34. The summed E-state index contributed by atoms with van der Waals surface area (Å²) in [6.07, 6.45) is 0. The number of hydrogen-bond donors (Lipinski definition) is 0. The Morgan fingerprint density at radius 3 is 2.72 bits per heavy atom. The molecule has 3 aromatic rings. The number of aromatic nitrogens is 1. The Kier molecular flexibility index (Phi) is 5.48. The van der Waals surface area contributed by atoms with Crippen LogP contribution >= 0.6 is 11.3 Å². The number of rotatable bonds is 6. The fourth-order valence-corrected chi connectivity index (χ4v) is 3.51. The molecule has 0 bridgehead atoms. The van der Waals surface area contributed by atoms with Crippen LogP contribution < -0.4 is 14.4 Å². The molecule has 9 heteroatoms. The number of amides is 1. The average Bonchev–Trinajstić information content (AvgIpc) is 3.41. The highest BCUT2D eigenvalue weighted by Crippen LogP contribution is 2.34. The van der Waals surface area contributed by atoms with Gasteiger partial charge in [0, 0.05) is 22.7 Å². The first-order valence-corrected chi connectivity index (χ1v) is 9.81. The van der Waals surface area contributed by atoms with E-state index in [9.17, 15) is 9.59 Å². The first kappa shape index (κ1) is 19.0. The molecule has 1 aromatic carbocycles. The molecule has 0 fully saturated rings. The molecule has 0 aliphatic carbocycles. The first-order chi connectivity index (χ1) is 14.1. The maximum atomic E-state index is 12.9. The molecule has 8 nitrogen and oxygen atoms in total. The molecule has 1 aliphatic heterocycles. The smallest absolute Gasteiger partial charge is 0.377 e. The summed E-state index contributed by atoms with van der Waals surface area (Å²) in [5.41, 5.74) is 1.18. The molecule has 0 radical (unpaired) electrons. The first-order valence-electron chi connectivity index (χ1n) is 8.93. The molecule has 1 aliphatic rings. The molecule has 1 amide bonds. The van der Waals surface area contributed by atoms with Gasteiger partial charge in [-0.3, -0.25) is 4.79 Å². The second-order valence-electron chi connectivity index (χ2n) is 6.30. The Morgan fingerprint density at radius 2 is 2.00 bits per heavy atom. The van der Waals surface area contributed by atoms with Crippen LogP contribution in [0.5, 0.6) is 11.5 Å². The van der Waals surface area contributed by atoms with Crippen LogP contribution in [0.3, 0.4) is 0 Å². The largest absolute Gasteiger partial charge is 0.486 e. The molecule has 150 valence electrons. The fourth-order valence-electron chi connectivity index (χ4n) is 2.82. The SMILES string of the molecule is Cc1cc(C(=O)OCC(=O)N(Cc2cccs2)c2ccc3c(c2)OCCO3)on1. The number of hydrogen-bond acceptors (Lipinski definition) is 8. The number of anilines is 1. The summed E-state index contributed by atoms with van der Waals surface area (Å²) in [7, 11) is 0. The van der Waals surface area contributed by atoms with Gasteiger partial charge < -0.3 is 23.6 Å². The summed E-state index contributed by atoms with van der Waals surface area (Å²) in [5, 5.41) is 5.58. The molecule has 29 heavy (non-hydrogen) atoms. The third-order valence-corrected chi connectivity index (χ3v) is 5.05. The van der Waals surface area contributed by atoms with Crippen LogP contribution in [0.2, 0.25) is 0 Å². The van der Waals surface area contributed by atoms with E-state index in [1.54, 1.807) is 30.0 Å². The molecule has 4 rings (SSSR count). The molecule has 0 unspecified atom stereocenters. The van der Waals surface area contributed by atoms with Crippen molar-refractivity contribution in [3.63, 3.8) is 0 Å². The number of thiophene rings is 1. The van der Waals surface area contributed by atoms with Crippen molar-refractivity contribution in [2.24, 2.45) is 0 Å². The number of aryl methyl sites for hydroxylation is 1. The Hall–Kier alpha value is -3.33. The Labute approximate surface area is 170 Å². The van der Waals surface area contributed by atoms with Crippen molar-refractivity contribution in [3.8, 4) is 11.5 Å². The van der Waals surface area contributed by atoms with Gasteiger partial charge in [-0.2, -0.15) is 0 Å². The lowest BCUT2D eigenvalue weighted by Gasteiger charge is -2.25. The van der Waals surface area contributed by atoms with E-state index >= 15 is 0 Å². The number of benzene rings is 1. The van der Waals surface area contributed by atoms with Crippen molar-refractivity contribution in [2.75, 3.05) is 24.7 Å².